The molecule has 2 heterocycles. The minimum Gasteiger partial charge on any atom is -0.452 e. The maximum atomic E-state index is 12.5. The largest absolute Gasteiger partial charge is 0.452 e. The molecule has 0 amide bonds. The van der Waals surface area contributed by atoms with E-state index in [1.54, 1.807) is 0 Å². The van der Waals surface area contributed by atoms with Crippen LogP contribution < -0.4 is 0 Å². The number of sulfonamides is 1. The second-order valence-electron chi connectivity index (χ2n) is 4.59. The molecule has 2 rings (SSSR count). The van der Waals surface area contributed by atoms with Gasteiger partial charge in [-0.1, -0.05) is 6.92 Å². The van der Waals surface area contributed by atoms with Gasteiger partial charge in [-0.25, -0.2) is 8.42 Å². The maximum absolute atomic E-state index is 12.5. The minimum atomic E-state index is -3.48. The Hall–Kier alpha value is -0.0400. The van der Waals surface area contributed by atoms with Crippen LogP contribution in [0, 0.1) is 5.92 Å². The molecule has 102 valence electrons. The van der Waals surface area contributed by atoms with Crippen LogP contribution in [-0.2, 0) is 15.9 Å². The van der Waals surface area contributed by atoms with Crippen LogP contribution in [0.1, 0.15) is 25.5 Å². The van der Waals surface area contributed by atoms with Gasteiger partial charge >= 0.3 is 0 Å². The third-order valence-electron chi connectivity index (χ3n) is 3.08. The predicted octanol–water partition coefficient (Wildman–Crippen LogP) is 3.20. The molecule has 1 atom stereocenters. The van der Waals surface area contributed by atoms with Crippen molar-refractivity contribution in [2.75, 3.05) is 13.1 Å². The second-order valence-corrected chi connectivity index (χ2v) is 7.49. The van der Waals surface area contributed by atoms with E-state index in [1.165, 1.54) is 10.4 Å². The van der Waals surface area contributed by atoms with E-state index >= 15 is 0 Å². The van der Waals surface area contributed by atoms with E-state index in [4.69, 9.17) is 16.0 Å². The fraction of sp³-hybridized carbons (Fsp3) is 0.636. The van der Waals surface area contributed by atoms with Gasteiger partial charge in [-0.05, 0) is 34.7 Å². The summed E-state index contributed by atoms with van der Waals surface area (Å²) >= 11 is 8.79. The van der Waals surface area contributed by atoms with E-state index < -0.39 is 10.0 Å². The topological polar surface area (TPSA) is 50.5 Å². The molecule has 1 aromatic rings. The van der Waals surface area contributed by atoms with Crippen LogP contribution in [0.5, 0.6) is 0 Å². The lowest BCUT2D eigenvalue weighted by molar-refractivity contribution is 0.281. The normalized spacial score (nSPS) is 22.3. The fourth-order valence-corrected chi connectivity index (χ4v) is 4.83. The summed E-state index contributed by atoms with van der Waals surface area (Å²) in [5.74, 6) is 1.00. The van der Waals surface area contributed by atoms with Crippen molar-refractivity contribution in [3.05, 3.63) is 16.5 Å². The highest BCUT2D eigenvalue weighted by molar-refractivity contribution is 9.10. The first-order valence-electron chi connectivity index (χ1n) is 5.79. The first kappa shape index (κ1) is 14.4. The van der Waals surface area contributed by atoms with Gasteiger partial charge in [0.25, 0.3) is 0 Å². The molecule has 1 aromatic heterocycles. The van der Waals surface area contributed by atoms with E-state index in [0.29, 0.717) is 24.8 Å². The summed E-state index contributed by atoms with van der Waals surface area (Å²) in [4.78, 5) is 0.173. The van der Waals surface area contributed by atoms with Crippen molar-refractivity contribution in [3.8, 4) is 0 Å². The Morgan fingerprint density at radius 1 is 1.61 bits per heavy atom. The Bertz CT molecular complexity index is 528. The number of alkyl halides is 1. The van der Waals surface area contributed by atoms with Crippen LogP contribution >= 0.6 is 27.5 Å². The highest BCUT2D eigenvalue weighted by Gasteiger charge is 2.32. The lowest BCUT2D eigenvalue weighted by atomic mass is 10.0. The van der Waals surface area contributed by atoms with Crippen molar-refractivity contribution in [3.63, 3.8) is 0 Å². The second kappa shape index (κ2) is 5.53. The highest BCUT2D eigenvalue weighted by Crippen LogP contribution is 2.31. The van der Waals surface area contributed by atoms with Gasteiger partial charge in [-0.2, -0.15) is 4.31 Å². The standard InChI is InChI=1S/C11H15BrClNO3S/c1-8-3-2-4-14(7-8)18(15,16)10-5-9(6-13)17-11(10)12/h5,8H,2-4,6-7H2,1H3. The Kier molecular flexibility index (Phi) is 4.41. The van der Waals surface area contributed by atoms with Gasteiger partial charge in [0, 0.05) is 19.2 Å². The zero-order chi connectivity index (χ0) is 13.3. The maximum Gasteiger partial charge on any atom is 0.247 e. The van der Waals surface area contributed by atoms with E-state index in [0.717, 1.165) is 12.8 Å². The van der Waals surface area contributed by atoms with E-state index in [2.05, 4.69) is 22.9 Å². The van der Waals surface area contributed by atoms with Gasteiger partial charge in [0.05, 0.1) is 5.88 Å². The number of rotatable bonds is 3. The van der Waals surface area contributed by atoms with Gasteiger partial charge in [-0.3, -0.25) is 0 Å². The molecule has 0 saturated carbocycles. The SMILES string of the molecule is CC1CCCN(S(=O)(=O)c2cc(CCl)oc2Br)C1. The first-order chi connectivity index (χ1) is 8.45. The molecule has 18 heavy (non-hydrogen) atoms. The van der Waals surface area contributed by atoms with E-state index in [-0.39, 0.29) is 15.4 Å². The molecule has 0 spiro atoms. The minimum absolute atomic E-state index is 0.157. The Labute approximate surface area is 120 Å². The molecule has 0 radical (unpaired) electrons. The molecule has 0 N–H and O–H groups in total. The predicted molar refractivity (Wildman–Crippen MR) is 73.1 cm³/mol. The van der Waals surface area contributed by atoms with Gasteiger partial charge in [0.15, 0.2) is 4.67 Å². The number of hydrogen-bond acceptors (Lipinski definition) is 3. The van der Waals surface area contributed by atoms with E-state index in [9.17, 15) is 8.42 Å². The summed E-state index contributed by atoms with van der Waals surface area (Å²) in [6, 6.07) is 1.49. The van der Waals surface area contributed by atoms with Gasteiger partial charge in [-0.15, -0.1) is 11.6 Å². The van der Waals surface area contributed by atoms with Gasteiger partial charge in [0.2, 0.25) is 10.0 Å². The van der Waals surface area contributed by atoms with Crippen molar-refractivity contribution in [1.29, 1.82) is 0 Å². The molecular weight excluding hydrogens is 342 g/mol. The summed E-state index contributed by atoms with van der Waals surface area (Å²) in [6.07, 6.45) is 1.98. The summed E-state index contributed by atoms with van der Waals surface area (Å²) in [5, 5.41) is 0. The number of nitrogens with zero attached hydrogens (tertiary/aromatic N) is 1. The van der Waals surface area contributed by atoms with Crippen molar-refractivity contribution >= 4 is 37.6 Å². The quantitative estimate of drug-likeness (QED) is 0.781. The summed E-state index contributed by atoms with van der Waals surface area (Å²) < 4.78 is 32.0. The third-order valence-corrected chi connectivity index (χ3v) is 6.06. The Morgan fingerprint density at radius 3 is 2.89 bits per heavy atom. The smallest absolute Gasteiger partial charge is 0.247 e. The lowest BCUT2D eigenvalue weighted by Crippen LogP contribution is -2.39. The number of piperidine rings is 1. The molecular formula is C11H15BrClNO3S. The van der Waals surface area contributed by atoms with Crippen LogP contribution in [0.2, 0.25) is 0 Å². The average Bonchev–Trinajstić information content (AvgIpc) is 2.71. The summed E-state index contributed by atoms with van der Waals surface area (Å²) in [7, 11) is -3.48. The zero-order valence-corrected chi connectivity index (χ0v) is 13.2. The molecule has 0 bridgehead atoms. The summed E-state index contributed by atoms with van der Waals surface area (Å²) in [6.45, 7) is 3.20. The molecule has 4 nitrogen and oxygen atoms in total. The Balaban J connectivity index is 2.32. The van der Waals surface area contributed by atoms with Crippen molar-refractivity contribution in [2.45, 2.75) is 30.5 Å². The molecule has 1 unspecified atom stereocenters. The van der Waals surface area contributed by atoms with Crippen LogP contribution in [-0.4, -0.2) is 25.8 Å². The fourth-order valence-electron chi connectivity index (χ4n) is 2.14. The van der Waals surface area contributed by atoms with Crippen molar-refractivity contribution in [2.24, 2.45) is 5.92 Å². The molecule has 1 aliphatic rings. The zero-order valence-electron chi connectivity index (χ0n) is 10.0. The number of halogens is 2. The first-order valence-corrected chi connectivity index (χ1v) is 8.56. The highest BCUT2D eigenvalue weighted by atomic mass is 79.9. The van der Waals surface area contributed by atoms with Crippen molar-refractivity contribution < 1.29 is 12.8 Å². The summed E-state index contributed by atoms with van der Waals surface area (Å²) in [5.41, 5.74) is 0. The molecule has 1 fully saturated rings. The molecule has 7 heteroatoms. The monoisotopic (exact) mass is 355 g/mol. The molecule has 1 saturated heterocycles. The van der Waals surface area contributed by atoms with Crippen LogP contribution in [0.3, 0.4) is 0 Å². The number of furan rings is 1. The lowest BCUT2D eigenvalue weighted by Gasteiger charge is -2.29. The number of hydrogen-bond donors (Lipinski definition) is 0. The van der Waals surface area contributed by atoms with Crippen molar-refractivity contribution in [1.82, 2.24) is 4.31 Å². The van der Waals surface area contributed by atoms with Crippen LogP contribution in [0.25, 0.3) is 0 Å². The molecule has 0 aliphatic carbocycles. The average molecular weight is 357 g/mol. The molecule has 1 aliphatic heterocycles. The van der Waals surface area contributed by atoms with E-state index in [1.807, 2.05) is 0 Å². The van der Waals surface area contributed by atoms with Gasteiger partial charge in [0.1, 0.15) is 10.7 Å². The van der Waals surface area contributed by atoms with Crippen LogP contribution in [0.15, 0.2) is 20.0 Å². The van der Waals surface area contributed by atoms with Gasteiger partial charge < -0.3 is 4.42 Å². The molecule has 0 aromatic carbocycles. The Morgan fingerprint density at radius 2 is 2.33 bits per heavy atom. The third kappa shape index (κ3) is 2.76. The van der Waals surface area contributed by atoms with Crippen LogP contribution in [0.4, 0.5) is 0 Å².